The molecule has 0 radical (unpaired) electrons. The Hall–Kier alpha value is -4.95. The van der Waals surface area contributed by atoms with Gasteiger partial charge in [0.05, 0.1) is 43.5 Å². The molecule has 8 nitrogen and oxygen atoms in total. The largest absolute Gasteiger partial charge is 0.465 e. The molecule has 0 saturated carbocycles. The van der Waals surface area contributed by atoms with E-state index in [1.165, 1.54) is 14.2 Å². The Kier molecular flexibility index (Phi) is 10.3. The normalized spacial score (nSPS) is 18.0. The van der Waals surface area contributed by atoms with Gasteiger partial charge in [-0.3, -0.25) is 0 Å². The third kappa shape index (κ3) is 7.59. The highest BCUT2D eigenvalue weighted by Crippen LogP contribution is 2.31. The smallest absolute Gasteiger partial charge is 0.337 e. The van der Waals surface area contributed by atoms with E-state index in [0.717, 1.165) is 22.3 Å². The molecule has 4 aromatic carbocycles. The Morgan fingerprint density at radius 1 is 0.622 bits per heavy atom. The van der Waals surface area contributed by atoms with Crippen LogP contribution in [0.1, 0.15) is 49.4 Å². The molecule has 2 amide bonds. The first kappa shape index (κ1) is 31.5. The first-order valence-electron chi connectivity index (χ1n) is 15.1. The Morgan fingerprint density at radius 3 is 1.53 bits per heavy atom. The van der Waals surface area contributed by atoms with Gasteiger partial charge in [-0.25, -0.2) is 14.4 Å². The van der Waals surface area contributed by atoms with E-state index in [1.807, 2.05) is 72.8 Å². The predicted octanol–water partition coefficient (Wildman–Crippen LogP) is 5.67. The number of hydrogen-bond acceptors (Lipinski definition) is 6. The summed E-state index contributed by atoms with van der Waals surface area (Å²) in [5.41, 5.74) is 4.65. The second-order valence-corrected chi connectivity index (χ2v) is 11.3. The maximum absolute atomic E-state index is 14.5. The molecule has 8 heteroatoms. The van der Waals surface area contributed by atoms with Crippen molar-refractivity contribution in [1.29, 1.82) is 0 Å². The van der Waals surface area contributed by atoms with Crippen LogP contribution < -0.4 is 0 Å². The van der Waals surface area contributed by atoms with Crippen LogP contribution in [0.2, 0.25) is 0 Å². The zero-order chi connectivity index (χ0) is 31.8. The second kappa shape index (κ2) is 14.7. The van der Waals surface area contributed by atoms with Gasteiger partial charge < -0.3 is 24.4 Å². The van der Waals surface area contributed by atoms with Crippen molar-refractivity contribution in [2.45, 2.75) is 50.5 Å². The van der Waals surface area contributed by atoms with Crippen LogP contribution in [-0.4, -0.2) is 65.3 Å². The van der Waals surface area contributed by atoms with Crippen molar-refractivity contribution >= 4 is 18.0 Å². The number of carbonyl (C=O) groups excluding carboxylic acids is 3. The van der Waals surface area contributed by atoms with Gasteiger partial charge >= 0.3 is 18.0 Å². The monoisotopic (exact) mass is 606 g/mol. The number of benzene rings is 4. The third-order valence-electron chi connectivity index (χ3n) is 8.40. The van der Waals surface area contributed by atoms with Crippen LogP contribution >= 0.6 is 0 Å². The van der Waals surface area contributed by atoms with Gasteiger partial charge in [0, 0.05) is 13.1 Å². The SMILES string of the molecule is COC(=O)c1ccc(CN2C(=O)N(Cc3ccc(C(=O)OC)cc3)[C@H](Cc3ccccc3)[C@H](O)[C@H]2CCc2ccccc2)cc1. The van der Waals surface area contributed by atoms with Gasteiger partial charge in [0.2, 0.25) is 0 Å². The minimum atomic E-state index is -0.852. The molecule has 1 saturated heterocycles. The zero-order valence-corrected chi connectivity index (χ0v) is 25.5. The van der Waals surface area contributed by atoms with Gasteiger partial charge in [-0.05, 0) is 65.8 Å². The highest BCUT2D eigenvalue weighted by molar-refractivity contribution is 5.89. The highest BCUT2D eigenvalue weighted by atomic mass is 16.5. The first-order valence-corrected chi connectivity index (χ1v) is 15.1. The lowest BCUT2D eigenvalue weighted by atomic mass is 9.88. The van der Waals surface area contributed by atoms with Crippen molar-refractivity contribution in [3.05, 3.63) is 143 Å². The molecule has 232 valence electrons. The molecule has 1 heterocycles. The number of hydrogen-bond donors (Lipinski definition) is 1. The zero-order valence-electron chi connectivity index (χ0n) is 25.5. The number of methoxy groups -OCH3 is 2. The van der Waals surface area contributed by atoms with Gasteiger partial charge in [0.1, 0.15) is 0 Å². The average molecular weight is 607 g/mol. The Morgan fingerprint density at radius 2 is 1.07 bits per heavy atom. The van der Waals surface area contributed by atoms with Gasteiger partial charge in [-0.15, -0.1) is 0 Å². The van der Waals surface area contributed by atoms with Crippen molar-refractivity contribution in [3.8, 4) is 0 Å². The molecule has 3 atom stereocenters. The van der Waals surface area contributed by atoms with E-state index in [0.29, 0.717) is 30.4 Å². The number of carbonyl (C=O) groups is 3. The van der Waals surface area contributed by atoms with E-state index in [9.17, 15) is 19.5 Å². The lowest BCUT2D eigenvalue weighted by Crippen LogP contribution is -2.66. The fourth-order valence-electron chi connectivity index (χ4n) is 5.94. The van der Waals surface area contributed by atoms with Crippen LogP contribution in [0, 0.1) is 0 Å². The summed E-state index contributed by atoms with van der Waals surface area (Å²) in [6.45, 7) is 0.505. The minimum Gasteiger partial charge on any atom is -0.465 e. The molecule has 1 aliphatic heterocycles. The van der Waals surface area contributed by atoms with Crippen LogP contribution in [-0.2, 0) is 35.4 Å². The molecular formula is C37H38N2O6. The van der Waals surface area contributed by atoms with E-state index in [2.05, 4.69) is 12.1 Å². The molecule has 0 unspecified atom stereocenters. The van der Waals surface area contributed by atoms with Crippen molar-refractivity contribution in [2.24, 2.45) is 0 Å². The number of rotatable bonds is 11. The Bertz CT molecular complexity index is 1580. The summed E-state index contributed by atoms with van der Waals surface area (Å²) < 4.78 is 9.67. The van der Waals surface area contributed by atoms with Gasteiger partial charge in [-0.1, -0.05) is 84.9 Å². The summed E-state index contributed by atoms with van der Waals surface area (Å²) >= 11 is 0. The number of urea groups is 1. The topological polar surface area (TPSA) is 96.4 Å². The number of amides is 2. The molecule has 5 rings (SSSR count). The number of aryl methyl sites for hydroxylation is 1. The first-order chi connectivity index (χ1) is 21.9. The summed E-state index contributed by atoms with van der Waals surface area (Å²) in [7, 11) is 2.68. The molecule has 0 bridgehead atoms. The average Bonchev–Trinajstić information content (AvgIpc) is 3.09. The molecular weight excluding hydrogens is 568 g/mol. The number of ether oxygens (including phenoxy) is 2. The fraction of sp³-hybridized carbons (Fsp3) is 0.270. The Balaban J connectivity index is 1.49. The highest BCUT2D eigenvalue weighted by Gasteiger charge is 2.45. The second-order valence-electron chi connectivity index (χ2n) is 11.3. The number of aliphatic hydroxyl groups excluding tert-OH is 1. The lowest BCUT2D eigenvalue weighted by Gasteiger charge is -2.49. The summed E-state index contributed by atoms with van der Waals surface area (Å²) in [5.74, 6) is -0.862. The Labute approximate surface area is 263 Å². The number of esters is 2. The molecule has 45 heavy (non-hydrogen) atoms. The maximum atomic E-state index is 14.5. The van der Waals surface area contributed by atoms with Gasteiger partial charge in [-0.2, -0.15) is 0 Å². The maximum Gasteiger partial charge on any atom is 0.337 e. The standard InChI is InChI=1S/C37H38N2O6/c1-44-35(41)30-18-13-28(14-19-30)24-38-32(22-17-26-9-5-3-6-10-26)34(40)33(23-27-11-7-4-8-12-27)39(37(38)43)25-29-15-20-31(21-16-29)36(42)45-2/h3-16,18-21,32-34,40H,17,22-25H2,1-2H3/t32-,33-,34-/m1/s1. The molecule has 0 spiro atoms. The molecule has 0 aliphatic carbocycles. The molecule has 4 aromatic rings. The van der Waals surface area contributed by atoms with E-state index >= 15 is 0 Å². The number of nitrogens with zero attached hydrogens (tertiary/aromatic N) is 2. The van der Waals surface area contributed by atoms with Crippen molar-refractivity contribution in [1.82, 2.24) is 9.80 Å². The number of aliphatic hydroxyl groups is 1. The van der Waals surface area contributed by atoms with Crippen molar-refractivity contribution < 1.29 is 29.0 Å². The van der Waals surface area contributed by atoms with Gasteiger partial charge in [0.15, 0.2) is 0 Å². The predicted molar refractivity (Wildman–Crippen MR) is 171 cm³/mol. The summed E-state index contributed by atoms with van der Waals surface area (Å²) in [6, 6.07) is 32.8. The summed E-state index contributed by atoms with van der Waals surface area (Å²) in [5, 5.41) is 12.1. The van der Waals surface area contributed by atoms with Crippen molar-refractivity contribution in [2.75, 3.05) is 14.2 Å². The summed E-state index contributed by atoms with van der Waals surface area (Å²) in [4.78, 5) is 42.0. The molecule has 0 aromatic heterocycles. The molecule has 1 N–H and O–H groups in total. The van der Waals surface area contributed by atoms with Crippen LogP contribution in [0.5, 0.6) is 0 Å². The summed E-state index contributed by atoms with van der Waals surface area (Å²) in [6.07, 6.45) is 0.901. The molecule has 1 fully saturated rings. The van der Waals surface area contributed by atoms with Crippen LogP contribution in [0.25, 0.3) is 0 Å². The third-order valence-corrected chi connectivity index (χ3v) is 8.40. The molecule has 1 aliphatic rings. The van der Waals surface area contributed by atoms with Crippen LogP contribution in [0.15, 0.2) is 109 Å². The van der Waals surface area contributed by atoms with Crippen molar-refractivity contribution in [3.63, 3.8) is 0 Å². The minimum absolute atomic E-state index is 0.187. The fourth-order valence-corrected chi connectivity index (χ4v) is 5.94. The van der Waals surface area contributed by atoms with Crippen LogP contribution in [0.3, 0.4) is 0 Å². The van der Waals surface area contributed by atoms with Gasteiger partial charge in [0.25, 0.3) is 0 Å². The van der Waals surface area contributed by atoms with E-state index in [1.54, 1.807) is 34.1 Å². The quantitative estimate of drug-likeness (QED) is 0.221. The van der Waals surface area contributed by atoms with E-state index in [4.69, 9.17) is 9.47 Å². The van der Waals surface area contributed by atoms with Crippen LogP contribution in [0.4, 0.5) is 4.79 Å². The van der Waals surface area contributed by atoms with E-state index in [-0.39, 0.29) is 19.1 Å². The lowest BCUT2D eigenvalue weighted by molar-refractivity contribution is -0.0453. The van der Waals surface area contributed by atoms with E-state index < -0.39 is 30.1 Å².